The smallest absolute Gasteiger partial charge is 0.0742 e. The topological polar surface area (TPSA) is 49.5 Å². The van der Waals surface area contributed by atoms with Crippen LogP contribution in [-0.4, -0.2) is 41.3 Å². The second-order valence-electron chi connectivity index (χ2n) is 8.03. The van der Waals surface area contributed by atoms with E-state index in [9.17, 15) is 5.11 Å². The van der Waals surface area contributed by atoms with Gasteiger partial charge in [-0.3, -0.25) is 0 Å². The molecule has 0 aromatic rings. The summed E-state index contributed by atoms with van der Waals surface area (Å²) in [7, 11) is 0. The van der Waals surface area contributed by atoms with Crippen LogP contribution in [0.3, 0.4) is 0 Å². The molecule has 3 N–H and O–H groups in total. The zero-order chi connectivity index (χ0) is 14.9. The molecule has 0 radical (unpaired) electrons. The van der Waals surface area contributed by atoms with Crippen LogP contribution < -0.4 is 5.73 Å². The lowest BCUT2D eigenvalue weighted by molar-refractivity contribution is -0.145. The maximum absolute atomic E-state index is 11.5. The number of nitrogens with zero attached hydrogens (tertiary/aromatic N) is 1. The lowest BCUT2D eigenvalue weighted by Gasteiger charge is -2.54. The van der Waals surface area contributed by atoms with Crippen LogP contribution in [0.4, 0.5) is 0 Å². The number of hydrogen-bond acceptors (Lipinski definition) is 3. The third-order valence-corrected chi connectivity index (χ3v) is 7.02. The first-order chi connectivity index (χ1) is 10.1. The fraction of sp³-hybridized carbons (Fsp3) is 1.00. The van der Waals surface area contributed by atoms with Crippen molar-refractivity contribution in [3.63, 3.8) is 0 Å². The van der Waals surface area contributed by atoms with E-state index >= 15 is 0 Å². The van der Waals surface area contributed by atoms with Crippen molar-refractivity contribution in [3.05, 3.63) is 0 Å². The highest BCUT2D eigenvalue weighted by Crippen LogP contribution is 2.52. The van der Waals surface area contributed by atoms with E-state index in [0.717, 1.165) is 38.1 Å². The van der Waals surface area contributed by atoms with Crippen molar-refractivity contribution in [2.75, 3.05) is 19.6 Å². The van der Waals surface area contributed by atoms with Crippen LogP contribution in [0.25, 0.3) is 0 Å². The van der Waals surface area contributed by atoms with E-state index in [2.05, 4.69) is 11.8 Å². The molecule has 3 aliphatic rings. The summed E-state index contributed by atoms with van der Waals surface area (Å²) >= 11 is 0. The molecule has 0 aromatic heterocycles. The molecule has 2 aliphatic heterocycles. The van der Waals surface area contributed by atoms with E-state index in [1.54, 1.807) is 0 Å². The van der Waals surface area contributed by atoms with E-state index in [0.29, 0.717) is 12.6 Å². The highest BCUT2D eigenvalue weighted by atomic mass is 16.3. The third kappa shape index (κ3) is 2.77. The van der Waals surface area contributed by atoms with Crippen LogP contribution in [0.15, 0.2) is 0 Å². The summed E-state index contributed by atoms with van der Waals surface area (Å²) in [6.45, 7) is 5.29. The van der Waals surface area contributed by atoms with Crippen molar-refractivity contribution < 1.29 is 5.11 Å². The predicted molar refractivity (Wildman–Crippen MR) is 87.1 cm³/mol. The summed E-state index contributed by atoms with van der Waals surface area (Å²) in [4.78, 5) is 2.60. The third-order valence-electron chi connectivity index (χ3n) is 7.02. The molecule has 3 rings (SSSR count). The van der Waals surface area contributed by atoms with Gasteiger partial charge in [0.1, 0.15) is 0 Å². The summed E-state index contributed by atoms with van der Waals surface area (Å²) in [5.41, 5.74) is 5.75. The zero-order valence-corrected chi connectivity index (χ0v) is 13.8. The number of nitrogens with two attached hydrogens (primary N) is 1. The van der Waals surface area contributed by atoms with Gasteiger partial charge in [0.25, 0.3) is 0 Å². The Morgan fingerprint density at radius 2 is 1.90 bits per heavy atom. The lowest BCUT2D eigenvalue weighted by Crippen LogP contribution is -2.60. The minimum absolute atomic E-state index is 0.00587. The van der Waals surface area contributed by atoms with Crippen molar-refractivity contribution in [1.29, 1.82) is 0 Å². The average Bonchev–Trinajstić information content (AvgIpc) is 2.95. The second-order valence-corrected chi connectivity index (χ2v) is 8.03. The highest BCUT2D eigenvalue weighted by molar-refractivity contribution is 5.07. The fourth-order valence-electron chi connectivity index (χ4n) is 5.51. The first kappa shape index (κ1) is 15.8. The maximum atomic E-state index is 11.5. The Balaban J connectivity index is 1.70. The van der Waals surface area contributed by atoms with Crippen LogP contribution in [0, 0.1) is 11.3 Å². The molecule has 3 heteroatoms. The molecule has 0 amide bonds. The van der Waals surface area contributed by atoms with Gasteiger partial charge < -0.3 is 15.7 Å². The zero-order valence-electron chi connectivity index (χ0n) is 13.8. The van der Waals surface area contributed by atoms with Gasteiger partial charge in [-0.25, -0.2) is 0 Å². The molecule has 2 unspecified atom stereocenters. The standard InChI is InChI=1S/C18H34N2O/c1-2-4-15-6-8-17(14-19,9-7-15)18(21)10-12-20-11-3-5-16(20)13-18/h15-16,21H,2-14,19H2,1H3. The van der Waals surface area contributed by atoms with Crippen molar-refractivity contribution in [3.8, 4) is 0 Å². The molecule has 2 saturated heterocycles. The van der Waals surface area contributed by atoms with Gasteiger partial charge in [0, 0.05) is 24.5 Å². The monoisotopic (exact) mass is 294 g/mol. The first-order valence-corrected chi connectivity index (χ1v) is 9.29. The van der Waals surface area contributed by atoms with Gasteiger partial charge in [-0.2, -0.15) is 0 Å². The van der Waals surface area contributed by atoms with Crippen LogP contribution in [0.5, 0.6) is 0 Å². The highest BCUT2D eigenvalue weighted by Gasteiger charge is 2.54. The Labute approximate surface area is 130 Å². The predicted octanol–water partition coefficient (Wildman–Crippen LogP) is 2.91. The molecule has 122 valence electrons. The number of aliphatic hydroxyl groups is 1. The van der Waals surface area contributed by atoms with Gasteiger partial charge in [-0.05, 0) is 63.8 Å². The summed E-state index contributed by atoms with van der Waals surface area (Å²) < 4.78 is 0. The summed E-state index contributed by atoms with van der Waals surface area (Å²) in [5.74, 6) is 0.879. The van der Waals surface area contributed by atoms with E-state index in [1.807, 2.05) is 0 Å². The SMILES string of the molecule is CCCC1CCC(CN)(C2(O)CCN3CCCC3C2)CC1. The molecule has 3 nitrogen and oxygen atoms in total. The van der Waals surface area contributed by atoms with E-state index in [1.165, 1.54) is 45.1 Å². The lowest BCUT2D eigenvalue weighted by atomic mass is 9.57. The Morgan fingerprint density at radius 1 is 1.14 bits per heavy atom. The van der Waals surface area contributed by atoms with Gasteiger partial charge in [-0.1, -0.05) is 19.8 Å². The van der Waals surface area contributed by atoms with Gasteiger partial charge in [-0.15, -0.1) is 0 Å². The van der Waals surface area contributed by atoms with Crippen molar-refractivity contribution in [2.24, 2.45) is 17.1 Å². The molecule has 3 fully saturated rings. The number of fused-ring (bicyclic) bond motifs is 1. The number of hydrogen-bond donors (Lipinski definition) is 2. The Morgan fingerprint density at radius 3 is 2.57 bits per heavy atom. The van der Waals surface area contributed by atoms with Crippen molar-refractivity contribution in [1.82, 2.24) is 4.90 Å². The van der Waals surface area contributed by atoms with Crippen molar-refractivity contribution in [2.45, 2.75) is 82.8 Å². The molecule has 2 heterocycles. The molecular formula is C18H34N2O. The van der Waals surface area contributed by atoms with Gasteiger partial charge in [0.15, 0.2) is 0 Å². The normalized spacial score (nSPS) is 44.7. The summed E-state index contributed by atoms with van der Waals surface area (Å²) in [6, 6.07) is 0.626. The first-order valence-electron chi connectivity index (χ1n) is 9.29. The maximum Gasteiger partial charge on any atom is 0.0742 e. The molecule has 0 aromatic carbocycles. The molecule has 2 atom stereocenters. The Hall–Kier alpha value is -0.120. The second kappa shape index (κ2) is 6.17. The van der Waals surface area contributed by atoms with Gasteiger partial charge in [0.2, 0.25) is 0 Å². The molecule has 0 bridgehead atoms. The van der Waals surface area contributed by atoms with Crippen LogP contribution in [0.1, 0.15) is 71.1 Å². The Bertz CT molecular complexity index is 351. The average molecular weight is 294 g/mol. The molecule has 1 aliphatic carbocycles. The van der Waals surface area contributed by atoms with Gasteiger partial charge in [0.05, 0.1) is 5.60 Å². The summed E-state index contributed by atoms with van der Waals surface area (Å²) in [5, 5.41) is 11.5. The van der Waals surface area contributed by atoms with E-state index in [4.69, 9.17) is 5.73 Å². The van der Waals surface area contributed by atoms with Crippen LogP contribution in [-0.2, 0) is 0 Å². The summed E-state index contributed by atoms with van der Waals surface area (Å²) in [6.07, 6.45) is 12.0. The van der Waals surface area contributed by atoms with E-state index in [-0.39, 0.29) is 5.41 Å². The quantitative estimate of drug-likeness (QED) is 0.838. The van der Waals surface area contributed by atoms with Crippen LogP contribution >= 0.6 is 0 Å². The minimum Gasteiger partial charge on any atom is -0.389 e. The largest absolute Gasteiger partial charge is 0.389 e. The van der Waals surface area contributed by atoms with E-state index < -0.39 is 5.60 Å². The molecule has 0 spiro atoms. The number of piperidine rings is 1. The van der Waals surface area contributed by atoms with Crippen LogP contribution in [0.2, 0.25) is 0 Å². The minimum atomic E-state index is -0.496. The molecular weight excluding hydrogens is 260 g/mol. The Kier molecular flexibility index (Phi) is 4.63. The molecule has 1 saturated carbocycles. The van der Waals surface area contributed by atoms with Gasteiger partial charge >= 0.3 is 0 Å². The fourth-order valence-corrected chi connectivity index (χ4v) is 5.51. The number of rotatable bonds is 4. The van der Waals surface area contributed by atoms with Crippen molar-refractivity contribution >= 4 is 0 Å². The molecule has 21 heavy (non-hydrogen) atoms.